The highest BCUT2D eigenvalue weighted by molar-refractivity contribution is 14.1. The summed E-state index contributed by atoms with van der Waals surface area (Å²) >= 11 is 2.14. The van der Waals surface area contributed by atoms with E-state index in [4.69, 9.17) is 61.8 Å². The fraction of sp³-hybridized carbons (Fsp3) is 1.00. The van der Waals surface area contributed by atoms with Gasteiger partial charge in [-0.15, -0.1) is 0 Å². The van der Waals surface area contributed by atoms with Crippen molar-refractivity contribution < 1.29 is 53.6 Å². The molecule has 16 heteroatoms. The molecule has 4 aliphatic heterocycles. The van der Waals surface area contributed by atoms with Crippen LogP contribution in [0.1, 0.15) is 0 Å². The maximum atomic E-state index is 9.96. The van der Waals surface area contributed by atoms with Gasteiger partial charge in [0.05, 0.1) is 32.0 Å². The normalized spacial score (nSPS) is 43.3. The summed E-state index contributed by atoms with van der Waals surface area (Å²) in [6, 6.07) is -1.67. The minimum absolute atomic E-state index is 0.185. The summed E-state index contributed by atoms with van der Waals surface area (Å²) in [6.45, 7) is 3.66. The van der Waals surface area contributed by atoms with Gasteiger partial charge in [0.1, 0.15) is 66.3 Å². The van der Waals surface area contributed by atoms with Crippen LogP contribution in [0.4, 0.5) is 0 Å². The van der Waals surface area contributed by atoms with Crippen LogP contribution in [0, 0.1) is 0 Å². The number of aliphatic hydroxyl groups excluding tert-OH is 4. The Morgan fingerprint density at radius 2 is 1.13 bits per heavy atom. The summed E-state index contributed by atoms with van der Waals surface area (Å²) < 4.78 is 36.6. The van der Waals surface area contributed by atoms with Gasteiger partial charge in [-0.25, -0.2) is 0 Å². The standard InChI is InChI=1S/C10H18BNO4.C6H10BIO3.C6H11BO4/c1-14-9-8(13)7(16-10(9)11)6-12-2-4-15-5-3-12;2*1-10-5-4(9)3(2-8)11-6(5)7/h7-10,13H,2-6H2,1H3;3-6,9H,2H2,1H3;3-6,8-9H,2H2,1H3/t7-,8?,9+,10-;2*3-,4?,5+,6-/m111/s1. The molecule has 0 aromatic rings. The van der Waals surface area contributed by atoms with Gasteiger partial charge in [-0.3, -0.25) is 4.90 Å². The molecule has 3 unspecified atom stereocenters. The largest absolute Gasteiger partial charge is 0.394 e. The maximum absolute atomic E-state index is 9.96. The number of aliphatic hydroxyl groups is 4. The highest BCUT2D eigenvalue weighted by atomic mass is 127. The molecule has 0 saturated carbocycles. The third-order valence-corrected chi connectivity index (χ3v) is 7.68. The first-order valence-corrected chi connectivity index (χ1v) is 14.0. The minimum atomic E-state index is -0.833. The second kappa shape index (κ2) is 17.4. The van der Waals surface area contributed by atoms with E-state index in [1.54, 1.807) is 0 Å². The molecule has 0 aromatic heterocycles. The van der Waals surface area contributed by atoms with E-state index < -0.39 is 54.6 Å². The summed E-state index contributed by atoms with van der Waals surface area (Å²) in [5.41, 5.74) is 0. The van der Waals surface area contributed by atoms with Crippen molar-refractivity contribution in [1.29, 1.82) is 0 Å². The molecule has 6 radical (unpaired) electrons. The van der Waals surface area contributed by atoms with Gasteiger partial charge in [-0.1, -0.05) is 22.6 Å². The van der Waals surface area contributed by atoms with Gasteiger partial charge in [-0.05, 0) is 0 Å². The number of alkyl halides is 1. The van der Waals surface area contributed by atoms with Gasteiger partial charge in [0.2, 0.25) is 0 Å². The average Bonchev–Trinajstić information content (AvgIpc) is 3.47. The van der Waals surface area contributed by atoms with Crippen LogP contribution in [0.5, 0.6) is 0 Å². The predicted molar refractivity (Wildman–Crippen MR) is 147 cm³/mol. The van der Waals surface area contributed by atoms with Crippen molar-refractivity contribution in [2.45, 2.75) is 72.9 Å². The first-order valence-electron chi connectivity index (χ1n) is 12.5. The first kappa shape index (κ1) is 34.6. The van der Waals surface area contributed by atoms with Crippen LogP contribution in [0.3, 0.4) is 0 Å². The van der Waals surface area contributed by atoms with Crippen LogP contribution in [0.25, 0.3) is 0 Å². The van der Waals surface area contributed by atoms with Crippen LogP contribution in [-0.2, 0) is 33.2 Å². The number of halogens is 1. The summed E-state index contributed by atoms with van der Waals surface area (Å²) in [7, 11) is 21.2. The molecule has 4 N–H and O–H groups in total. The Labute approximate surface area is 242 Å². The molecular formula is C22H39B3INO11. The third kappa shape index (κ3) is 9.23. The highest BCUT2D eigenvalue weighted by Gasteiger charge is 2.42. The van der Waals surface area contributed by atoms with Gasteiger partial charge in [-0.2, -0.15) is 0 Å². The van der Waals surface area contributed by atoms with Gasteiger partial charge in [0, 0.05) is 63.4 Å². The smallest absolute Gasteiger partial charge is 0.112 e. The lowest BCUT2D eigenvalue weighted by molar-refractivity contribution is -0.0271. The third-order valence-electron chi connectivity index (χ3n) is 6.81. The van der Waals surface area contributed by atoms with Crippen LogP contribution >= 0.6 is 22.6 Å². The average molecular weight is 653 g/mol. The zero-order valence-corrected chi connectivity index (χ0v) is 24.2. The molecule has 38 heavy (non-hydrogen) atoms. The molecule has 0 aliphatic carbocycles. The van der Waals surface area contributed by atoms with Crippen molar-refractivity contribution in [3.05, 3.63) is 0 Å². The summed E-state index contributed by atoms with van der Waals surface area (Å²) in [6.07, 6.45) is -4.48. The van der Waals surface area contributed by atoms with Crippen LogP contribution in [0.2, 0.25) is 0 Å². The van der Waals surface area contributed by atoms with E-state index in [0.29, 0.717) is 6.54 Å². The van der Waals surface area contributed by atoms with Crippen molar-refractivity contribution >= 4 is 46.1 Å². The van der Waals surface area contributed by atoms with Crippen molar-refractivity contribution in [2.24, 2.45) is 0 Å². The molecular weight excluding hydrogens is 614 g/mol. The molecule has 4 saturated heterocycles. The van der Waals surface area contributed by atoms with Gasteiger partial charge < -0.3 is 53.6 Å². The minimum Gasteiger partial charge on any atom is -0.394 e. The number of ether oxygens (including phenoxy) is 7. The number of hydrogen-bond acceptors (Lipinski definition) is 12. The molecule has 214 valence electrons. The molecule has 4 rings (SSSR count). The summed E-state index contributed by atoms with van der Waals surface area (Å²) in [4.78, 5) is 2.21. The molecule has 0 bridgehead atoms. The Bertz CT molecular complexity index is 630. The Kier molecular flexibility index (Phi) is 15.9. The maximum Gasteiger partial charge on any atom is 0.112 e. The molecule has 0 spiro atoms. The first-order chi connectivity index (χ1) is 18.1. The quantitative estimate of drug-likeness (QED) is 0.123. The Balaban J connectivity index is 0.000000206. The van der Waals surface area contributed by atoms with E-state index in [1.807, 2.05) is 0 Å². The molecule has 0 amide bonds. The SMILES string of the molecule is [B][C@@H]1O[C@H](CI)C(O)[C@@H]1OC.[B][C@@H]1O[C@H](CN2CCOCC2)C(O)[C@@H]1OC.[B][C@@H]1O[C@H](CO)C(O)[C@@H]1OC. The van der Waals surface area contributed by atoms with E-state index in [9.17, 15) is 15.3 Å². The van der Waals surface area contributed by atoms with E-state index in [0.717, 1.165) is 30.7 Å². The lowest BCUT2D eigenvalue weighted by atomic mass is 9.93. The Morgan fingerprint density at radius 1 is 0.737 bits per heavy atom. The topological polar surface area (TPSA) is 149 Å². The second-order valence-corrected chi connectivity index (χ2v) is 10.1. The monoisotopic (exact) mass is 653 g/mol. The summed E-state index contributed by atoms with van der Waals surface area (Å²) in [5.74, 6) is 0. The number of methoxy groups -OCH3 is 3. The number of rotatable bonds is 7. The fourth-order valence-electron chi connectivity index (χ4n) is 4.59. The lowest BCUT2D eigenvalue weighted by Gasteiger charge is -2.29. The number of nitrogens with zero attached hydrogens (tertiary/aromatic N) is 1. The molecule has 12 atom stereocenters. The highest BCUT2D eigenvalue weighted by Crippen LogP contribution is 2.24. The fourth-order valence-corrected chi connectivity index (χ4v) is 5.31. The molecule has 4 aliphatic rings. The Morgan fingerprint density at radius 3 is 1.47 bits per heavy atom. The van der Waals surface area contributed by atoms with Crippen molar-refractivity contribution in [1.82, 2.24) is 4.90 Å². The van der Waals surface area contributed by atoms with E-state index >= 15 is 0 Å². The molecule has 12 nitrogen and oxygen atoms in total. The van der Waals surface area contributed by atoms with E-state index in [2.05, 4.69) is 27.5 Å². The lowest BCUT2D eigenvalue weighted by Crippen LogP contribution is -2.45. The van der Waals surface area contributed by atoms with Crippen molar-refractivity contribution in [3.63, 3.8) is 0 Å². The van der Waals surface area contributed by atoms with E-state index in [-0.39, 0.29) is 24.9 Å². The Hall–Kier alpha value is 0.445. The van der Waals surface area contributed by atoms with E-state index in [1.165, 1.54) is 21.3 Å². The van der Waals surface area contributed by atoms with Crippen LogP contribution < -0.4 is 0 Å². The summed E-state index contributed by atoms with van der Waals surface area (Å²) in [5, 5.41) is 37.4. The molecule has 4 heterocycles. The molecule has 4 fully saturated rings. The van der Waals surface area contributed by atoms with Crippen LogP contribution in [-0.4, -0.2) is 187 Å². The second-order valence-electron chi connectivity index (χ2n) is 9.24. The predicted octanol–water partition coefficient (Wildman–Crippen LogP) is -3.47. The number of hydrogen-bond donors (Lipinski definition) is 4. The van der Waals surface area contributed by atoms with Crippen molar-refractivity contribution in [2.75, 3.05) is 65.2 Å². The van der Waals surface area contributed by atoms with Crippen molar-refractivity contribution in [3.8, 4) is 0 Å². The molecule has 0 aromatic carbocycles. The van der Waals surface area contributed by atoms with Gasteiger partial charge in [0.25, 0.3) is 0 Å². The van der Waals surface area contributed by atoms with Gasteiger partial charge in [0.15, 0.2) is 0 Å². The zero-order valence-electron chi connectivity index (χ0n) is 22.1. The van der Waals surface area contributed by atoms with Crippen LogP contribution in [0.15, 0.2) is 0 Å². The van der Waals surface area contributed by atoms with Gasteiger partial charge >= 0.3 is 0 Å². The zero-order chi connectivity index (χ0) is 28.4. The number of morpholine rings is 1.